The Hall–Kier alpha value is -5.31. The Bertz CT molecular complexity index is 2380. The number of piperazine rings is 1. The molecule has 0 saturated carbocycles. The van der Waals surface area contributed by atoms with Crippen molar-refractivity contribution in [2.24, 2.45) is 12.5 Å². The molecule has 4 aliphatic heterocycles. The Labute approximate surface area is 345 Å². The standard InChI is InChI=1S/C45H55N9O5/c1-6-40(56)53-14-10-37(53)33-22-30(7-8-36(33)51-16-15-50(25-28(51)2)31-11-19-59-20-12-31)47-41-44(58)49(5)26-35(48-41)32-9-13-46-42(34(32)27-55)54-18-17-52-38(43(54)57)21-29-23-45(3,4)24-39(29)52/h6-9,13,21-22,26,28,31,37,55H,1,10-12,14-20,23-25,27H2,2-5H3,(H,47,48)/t28-,37?/m1/s1. The van der Waals surface area contributed by atoms with Crippen molar-refractivity contribution in [3.63, 3.8) is 0 Å². The van der Waals surface area contributed by atoms with E-state index in [-0.39, 0.29) is 47.3 Å². The minimum absolute atomic E-state index is 0.101. The van der Waals surface area contributed by atoms with E-state index in [1.807, 2.05) is 23.1 Å². The first-order valence-corrected chi connectivity index (χ1v) is 21.1. The molecule has 9 rings (SSSR count). The fourth-order valence-corrected chi connectivity index (χ4v) is 10.2. The molecule has 5 aliphatic rings. The van der Waals surface area contributed by atoms with E-state index >= 15 is 0 Å². The van der Waals surface area contributed by atoms with E-state index in [9.17, 15) is 19.5 Å². The van der Waals surface area contributed by atoms with Gasteiger partial charge in [0.05, 0.1) is 18.3 Å². The van der Waals surface area contributed by atoms with Crippen LogP contribution in [-0.2, 0) is 42.6 Å². The number of likely N-dealkylation sites (tertiary alicyclic amines) is 1. The van der Waals surface area contributed by atoms with Crippen LogP contribution in [-0.4, -0.2) is 104 Å². The number of amides is 2. The number of hydrogen-bond donors (Lipinski definition) is 2. The number of fused-ring (bicyclic) bond motifs is 3. The van der Waals surface area contributed by atoms with E-state index in [0.29, 0.717) is 59.7 Å². The molecule has 2 atom stereocenters. The fraction of sp³-hybridized carbons (Fsp3) is 0.489. The summed E-state index contributed by atoms with van der Waals surface area (Å²) in [5.74, 6) is 0.250. The van der Waals surface area contributed by atoms with Crippen LogP contribution in [0.25, 0.3) is 11.3 Å². The monoisotopic (exact) mass is 801 g/mol. The third kappa shape index (κ3) is 7.04. The Kier molecular flexibility index (Phi) is 10.2. The molecule has 14 heteroatoms. The zero-order chi connectivity index (χ0) is 41.2. The molecule has 7 heterocycles. The Morgan fingerprint density at radius 1 is 1.05 bits per heavy atom. The van der Waals surface area contributed by atoms with Crippen LogP contribution in [0.15, 0.2) is 60.2 Å². The molecule has 310 valence electrons. The highest BCUT2D eigenvalue weighted by molar-refractivity contribution is 6.06. The van der Waals surface area contributed by atoms with Gasteiger partial charge in [-0.05, 0) is 86.4 Å². The average Bonchev–Trinajstić information content (AvgIpc) is 3.71. The summed E-state index contributed by atoms with van der Waals surface area (Å²) in [6.45, 7) is 16.3. The van der Waals surface area contributed by atoms with Gasteiger partial charge in [0.2, 0.25) is 5.91 Å². The summed E-state index contributed by atoms with van der Waals surface area (Å²) in [4.78, 5) is 58.7. The van der Waals surface area contributed by atoms with Crippen molar-refractivity contribution in [3.05, 3.63) is 93.8 Å². The highest BCUT2D eigenvalue weighted by Crippen LogP contribution is 2.43. The summed E-state index contributed by atoms with van der Waals surface area (Å²) >= 11 is 0. The first-order valence-electron chi connectivity index (χ1n) is 21.1. The molecular weight excluding hydrogens is 747 g/mol. The first-order chi connectivity index (χ1) is 28.4. The van der Waals surface area contributed by atoms with Crippen molar-refractivity contribution in [3.8, 4) is 11.3 Å². The number of anilines is 4. The van der Waals surface area contributed by atoms with E-state index in [1.54, 1.807) is 30.4 Å². The molecule has 59 heavy (non-hydrogen) atoms. The van der Waals surface area contributed by atoms with Crippen LogP contribution >= 0.6 is 0 Å². The van der Waals surface area contributed by atoms with Crippen molar-refractivity contribution < 1.29 is 19.4 Å². The minimum atomic E-state index is -0.380. The fourth-order valence-electron chi connectivity index (χ4n) is 10.2. The molecule has 2 amide bonds. The second-order valence-electron chi connectivity index (χ2n) is 17.7. The van der Waals surface area contributed by atoms with Gasteiger partial charge in [-0.15, -0.1) is 0 Å². The van der Waals surface area contributed by atoms with E-state index < -0.39 is 0 Å². The number of nitrogens with zero attached hydrogens (tertiary/aromatic N) is 8. The molecule has 1 aromatic carbocycles. The predicted molar refractivity (Wildman–Crippen MR) is 227 cm³/mol. The Balaban J connectivity index is 1.02. The lowest BCUT2D eigenvalue weighted by Gasteiger charge is -2.47. The molecule has 0 bridgehead atoms. The zero-order valence-corrected chi connectivity index (χ0v) is 34.6. The van der Waals surface area contributed by atoms with Gasteiger partial charge in [0.1, 0.15) is 11.5 Å². The van der Waals surface area contributed by atoms with Gasteiger partial charge in [-0.1, -0.05) is 20.4 Å². The van der Waals surface area contributed by atoms with Gasteiger partial charge >= 0.3 is 0 Å². The first kappa shape index (κ1) is 39.2. The van der Waals surface area contributed by atoms with E-state index in [4.69, 9.17) is 9.72 Å². The number of carbonyl (C=O) groups excluding carboxylic acids is 2. The number of carbonyl (C=O) groups is 2. The van der Waals surface area contributed by atoms with E-state index in [2.05, 4.69) is 58.1 Å². The lowest BCUT2D eigenvalue weighted by Crippen LogP contribution is -2.56. The van der Waals surface area contributed by atoms with Crippen LogP contribution in [0, 0.1) is 5.41 Å². The van der Waals surface area contributed by atoms with Crippen molar-refractivity contribution >= 4 is 34.8 Å². The van der Waals surface area contributed by atoms with Crippen LogP contribution in [0.4, 0.5) is 23.0 Å². The normalized spacial score (nSPS) is 21.9. The number of benzene rings is 1. The van der Waals surface area contributed by atoms with Gasteiger partial charge in [-0.2, -0.15) is 0 Å². The topological polar surface area (TPSA) is 141 Å². The lowest BCUT2D eigenvalue weighted by molar-refractivity contribution is -0.133. The van der Waals surface area contributed by atoms with E-state index in [1.165, 1.54) is 21.9 Å². The Morgan fingerprint density at radius 2 is 1.86 bits per heavy atom. The largest absolute Gasteiger partial charge is 0.392 e. The number of aromatic nitrogens is 4. The molecule has 0 radical (unpaired) electrons. The molecule has 3 saturated heterocycles. The van der Waals surface area contributed by atoms with Crippen LogP contribution in [0.2, 0.25) is 0 Å². The van der Waals surface area contributed by atoms with E-state index in [0.717, 1.165) is 76.2 Å². The third-order valence-electron chi connectivity index (χ3n) is 13.2. The van der Waals surface area contributed by atoms with Gasteiger partial charge in [0, 0.05) is 118 Å². The highest BCUT2D eigenvalue weighted by atomic mass is 16.5. The number of ether oxygens (including phenoxy) is 1. The average molecular weight is 802 g/mol. The van der Waals surface area contributed by atoms with Crippen LogP contribution < -0.4 is 20.7 Å². The van der Waals surface area contributed by atoms with Gasteiger partial charge in [0.25, 0.3) is 11.5 Å². The summed E-state index contributed by atoms with van der Waals surface area (Å²) in [5, 5.41) is 14.2. The highest BCUT2D eigenvalue weighted by Gasteiger charge is 2.39. The van der Waals surface area contributed by atoms with Gasteiger partial charge in [-0.3, -0.25) is 24.2 Å². The maximum atomic E-state index is 14.0. The molecular formula is C45H55N9O5. The molecule has 14 nitrogen and oxygen atoms in total. The van der Waals surface area contributed by atoms with Crippen LogP contribution in [0.1, 0.15) is 78.9 Å². The number of rotatable bonds is 9. The molecule has 3 fully saturated rings. The molecule has 1 aliphatic carbocycles. The SMILES string of the molecule is C=CC(=O)N1CCC1c1cc(Nc2nc(-c3ccnc(N4CCn5c(cc6c5CC(C)(C)C6)C4=O)c3CO)cn(C)c2=O)ccc1N1CCN(C2CCOCC2)C[C@H]1C. The molecule has 3 aromatic heterocycles. The molecule has 1 unspecified atom stereocenters. The predicted octanol–water partition coefficient (Wildman–Crippen LogP) is 4.81. The van der Waals surface area contributed by atoms with Crippen LogP contribution in [0.3, 0.4) is 0 Å². The summed E-state index contributed by atoms with van der Waals surface area (Å²) in [5.41, 5.74) is 7.23. The van der Waals surface area contributed by atoms with Crippen molar-refractivity contribution in [2.75, 3.05) is 61.1 Å². The smallest absolute Gasteiger partial charge is 0.293 e. The van der Waals surface area contributed by atoms with Crippen LogP contribution in [0.5, 0.6) is 0 Å². The summed E-state index contributed by atoms with van der Waals surface area (Å²) in [7, 11) is 1.67. The Morgan fingerprint density at radius 3 is 2.59 bits per heavy atom. The lowest BCUT2D eigenvalue weighted by atomic mass is 9.90. The van der Waals surface area contributed by atoms with Crippen molar-refractivity contribution in [1.82, 2.24) is 28.9 Å². The number of aliphatic hydroxyl groups is 1. The maximum Gasteiger partial charge on any atom is 0.293 e. The summed E-state index contributed by atoms with van der Waals surface area (Å²) < 4.78 is 9.26. The summed E-state index contributed by atoms with van der Waals surface area (Å²) in [6.07, 6.45) is 9.46. The number of pyridine rings is 1. The van der Waals surface area contributed by atoms with Crippen molar-refractivity contribution in [2.45, 2.75) is 84.2 Å². The van der Waals surface area contributed by atoms with Crippen molar-refractivity contribution in [1.29, 1.82) is 0 Å². The molecule has 0 spiro atoms. The van der Waals surface area contributed by atoms with Gasteiger partial charge in [0.15, 0.2) is 5.82 Å². The number of nitrogens with one attached hydrogen (secondary N) is 1. The zero-order valence-electron chi connectivity index (χ0n) is 34.6. The second kappa shape index (κ2) is 15.4. The number of aliphatic hydroxyl groups excluding tert-OH is 1. The number of hydrogen-bond acceptors (Lipinski definition) is 10. The summed E-state index contributed by atoms with van der Waals surface area (Å²) in [6, 6.07) is 10.6. The maximum absolute atomic E-state index is 14.0. The second-order valence-corrected chi connectivity index (χ2v) is 17.7. The third-order valence-corrected chi connectivity index (χ3v) is 13.2. The minimum Gasteiger partial charge on any atom is -0.392 e. The van der Waals surface area contributed by atoms with Gasteiger partial charge < -0.3 is 34.1 Å². The van der Waals surface area contributed by atoms with Gasteiger partial charge in [-0.25, -0.2) is 9.97 Å². The molecule has 2 N–H and O–H groups in total. The quantitative estimate of drug-likeness (QED) is 0.227. The number of aryl methyl sites for hydroxylation is 1. The molecule has 4 aromatic rings.